The Labute approximate surface area is 174 Å². The van der Waals surface area contributed by atoms with E-state index in [2.05, 4.69) is 15.4 Å². The lowest BCUT2D eigenvalue weighted by molar-refractivity contribution is -0.143. The molecule has 3 aromatic rings. The van der Waals surface area contributed by atoms with Gasteiger partial charge in [0.05, 0.1) is 25.0 Å². The minimum Gasteiger partial charge on any atom is -0.467 e. The maximum absolute atomic E-state index is 13.0. The fourth-order valence-electron chi connectivity index (χ4n) is 3.56. The standard InChI is InChI=1S/C22H23N5O3/c1-30-21(28)20(17-6-3-2-4-7-17)24-22(29)26-12-5-13-27-18(15-26)14-19(25-27)16-8-10-23-11-9-16/h2-4,6-11,14,20H,5,12-13,15H2,1H3,(H,24,29). The number of nitrogens with zero attached hydrogens (tertiary/aromatic N) is 4. The number of carbonyl (C=O) groups is 2. The zero-order chi connectivity index (χ0) is 20.9. The van der Waals surface area contributed by atoms with E-state index in [9.17, 15) is 9.59 Å². The molecule has 2 amide bonds. The van der Waals surface area contributed by atoms with E-state index in [0.717, 1.165) is 29.9 Å². The lowest BCUT2D eigenvalue weighted by Crippen LogP contribution is -2.43. The Bertz CT molecular complexity index is 1020. The van der Waals surface area contributed by atoms with Gasteiger partial charge in [0.2, 0.25) is 0 Å². The summed E-state index contributed by atoms with van der Waals surface area (Å²) in [6.07, 6.45) is 4.23. The molecular weight excluding hydrogens is 382 g/mol. The van der Waals surface area contributed by atoms with Crippen LogP contribution in [0.3, 0.4) is 0 Å². The first kappa shape index (κ1) is 19.6. The fraction of sp³-hybridized carbons (Fsp3) is 0.273. The average molecular weight is 405 g/mol. The summed E-state index contributed by atoms with van der Waals surface area (Å²) in [6.45, 7) is 1.71. The van der Waals surface area contributed by atoms with E-state index in [1.165, 1.54) is 7.11 Å². The van der Waals surface area contributed by atoms with E-state index in [1.807, 2.05) is 41.1 Å². The third-order valence-electron chi connectivity index (χ3n) is 5.12. The quantitative estimate of drug-likeness (QED) is 0.674. The number of methoxy groups -OCH3 is 1. The molecule has 154 valence electrons. The molecule has 0 aliphatic carbocycles. The van der Waals surface area contributed by atoms with Crippen LogP contribution in [0.1, 0.15) is 23.7 Å². The van der Waals surface area contributed by atoms with Gasteiger partial charge >= 0.3 is 12.0 Å². The maximum Gasteiger partial charge on any atom is 0.333 e. The number of aryl methyl sites for hydroxylation is 1. The van der Waals surface area contributed by atoms with Gasteiger partial charge in [0.15, 0.2) is 6.04 Å². The van der Waals surface area contributed by atoms with E-state index in [0.29, 0.717) is 18.7 Å². The fourth-order valence-corrected chi connectivity index (χ4v) is 3.56. The largest absolute Gasteiger partial charge is 0.467 e. The predicted octanol–water partition coefficient (Wildman–Crippen LogP) is 2.77. The number of esters is 1. The highest BCUT2D eigenvalue weighted by Crippen LogP contribution is 2.22. The van der Waals surface area contributed by atoms with E-state index in [1.54, 1.807) is 29.4 Å². The molecular formula is C22H23N5O3. The van der Waals surface area contributed by atoms with Crippen molar-refractivity contribution in [3.05, 3.63) is 72.2 Å². The van der Waals surface area contributed by atoms with Crippen molar-refractivity contribution in [3.8, 4) is 11.3 Å². The number of amides is 2. The highest BCUT2D eigenvalue weighted by atomic mass is 16.5. The van der Waals surface area contributed by atoms with Crippen molar-refractivity contribution in [2.45, 2.75) is 25.6 Å². The highest BCUT2D eigenvalue weighted by Gasteiger charge is 2.27. The van der Waals surface area contributed by atoms with E-state index >= 15 is 0 Å². The highest BCUT2D eigenvalue weighted by molar-refractivity contribution is 5.84. The topological polar surface area (TPSA) is 89.4 Å². The van der Waals surface area contributed by atoms with Crippen molar-refractivity contribution in [1.29, 1.82) is 0 Å². The van der Waals surface area contributed by atoms with Gasteiger partial charge in [-0.3, -0.25) is 9.67 Å². The van der Waals surface area contributed by atoms with Crippen molar-refractivity contribution in [3.63, 3.8) is 0 Å². The molecule has 0 spiro atoms. The van der Waals surface area contributed by atoms with Crippen molar-refractivity contribution in [1.82, 2.24) is 25.0 Å². The maximum atomic E-state index is 13.0. The molecule has 1 aliphatic rings. The van der Waals surface area contributed by atoms with Crippen molar-refractivity contribution in [2.24, 2.45) is 0 Å². The summed E-state index contributed by atoms with van der Waals surface area (Å²) in [4.78, 5) is 31.0. The van der Waals surface area contributed by atoms with Gasteiger partial charge in [-0.25, -0.2) is 9.59 Å². The monoisotopic (exact) mass is 405 g/mol. The normalized spacial score (nSPS) is 14.4. The first-order chi connectivity index (χ1) is 14.7. The van der Waals surface area contributed by atoms with Gasteiger partial charge in [-0.05, 0) is 30.2 Å². The number of nitrogens with one attached hydrogen (secondary N) is 1. The van der Waals surface area contributed by atoms with Crippen molar-refractivity contribution >= 4 is 12.0 Å². The number of hydrogen-bond acceptors (Lipinski definition) is 5. The van der Waals surface area contributed by atoms with Crippen LogP contribution in [0.25, 0.3) is 11.3 Å². The molecule has 0 radical (unpaired) electrons. The SMILES string of the molecule is COC(=O)C(NC(=O)N1CCCn2nc(-c3ccncc3)cc2C1)c1ccccc1. The Morgan fingerprint density at radius 2 is 1.87 bits per heavy atom. The third-order valence-corrected chi connectivity index (χ3v) is 5.12. The Hall–Kier alpha value is -3.68. The number of rotatable bonds is 4. The number of benzene rings is 1. The molecule has 1 aromatic carbocycles. The third kappa shape index (κ3) is 4.17. The first-order valence-corrected chi connectivity index (χ1v) is 9.81. The van der Waals surface area contributed by atoms with Gasteiger partial charge < -0.3 is 15.0 Å². The van der Waals surface area contributed by atoms with E-state index in [-0.39, 0.29) is 6.03 Å². The van der Waals surface area contributed by atoms with Gasteiger partial charge in [-0.2, -0.15) is 5.10 Å². The minimum absolute atomic E-state index is 0.311. The summed E-state index contributed by atoms with van der Waals surface area (Å²) in [6, 6.07) is 13.7. The molecule has 30 heavy (non-hydrogen) atoms. The molecule has 0 bridgehead atoms. The molecule has 1 atom stereocenters. The Balaban J connectivity index is 1.52. The number of aromatic nitrogens is 3. The smallest absolute Gasteiger partial charge is 0.333 e. The van der Waals surface area contributed by atoms with Gasteiger partial charge in [0.25, 0.3) is 0 Å². The Kier molecular flexibility index (Phi) is 5.74. The summed E-state index contributed by atoms with van der Waals surface area (Å²) < 4.78 is 6.84. The summed E-state index contributed by atoms with van der Waals surface area (Å²) in [5.74, 6) is -0.505. The summed E-state index contributed by atoms with van der Waals surface area (Å²) in [5.41, 5.74) is 3.46. The average Bonchev–Trinajstić information content (AvgIpc) is 3.09. The number of urea groups is 1. The Morgan fingerprint density at radius 3 is 2.60 bits per heavy atom. The van der Waals surface area contributed by atoms with Crippen LogP contribution in [0, 0.1) is 0 Å². The zero-order valence-electron chi connectivity index (χ0n) is 16.7. The molecule has 2 aromatic heterocycles. The Morgan fingerprint density at radius 1 is 1.10 bits per heavy atom. The van der Waals surface area contributed by atoms with Gasteiger partial charge in [0, 0.05) is 31.0 Å². The van der Waals surface area contributed by atoms with Crippen LogP contribution in [0.2, 0.25) is 0 Å². The number of fused-ring (bicyclic) bond motifs is 1. The van der Waals surface area contributed by atoms with Crippen LogP contribution < -0.4 is 5.32 Å². The van der Waals surface area contributed by atoms with Crippen LogP contribution in [0.5, 0.6) is 0 Å². The van der Waals surface area contributed by atoms with Crippen molar-refractivity contribution < 1.29 is 14.3 Å². The first-order valence-electron chi connectivity index (χ1n) is 9.81. The second-order valence-electron chi connectivity index (χ2n) is 7.07. The number of hydrogen-bond donors (Lipinski definition) is 1. The molecule has 1 unspecified atom stereocenters. The molecule has 3 heterocycles. The van der Waals surface area contributed by atoms with E-state index < -0.39 is 12.0 Å². The van der Waals surface area contributed by atoms with Crippen molar-refractivity contribution in [2.75, 3.05) is 13.7 Å². The van der Waals surface area contributed by atoms with Gasteiger partial charge in [0.1, 0.15) is 0 Å². The summed E-state index contributed by atoms with van der Waals surface area (Å²) >= 11 is 0. The molecule has 8 heteroatoms. The number of pyridine rings is 1. The second kappa shape index (κ2) is 8.77. The van der Waals surface area contributed by atoms with Gasteiger partial charge in [-0.15, -0.1) is 0 Å². The minimum atomic E-state index is -0.857. The predicted molar refractivity (Wildman–Crippen MR) is 110 cm³/mol. The van der Waals surface area contributed by atoms with Crippen LogP contribution in [0.4, 0.5) is 4.79 Å². The zero-order valence-corrected chi connectivity index (χ0v) is 16.7. The van der Waals surface area contributed by atoms with Crippen LogP contribution in [-0.4, -0.2) is 45.3 Å². The molecule has 1 aliphatic heterocycles. The van der Waals surface area contributed by atoms with Crippen LogP contribution in [-0.2, 0) is 22.6 Å². The molecule has 8 nitrogen and oxygen atoms in total. The molecule has 0 saturated heterocycles. The molecule has 1 N–H and O–H groups in total. The lowest BCUT2D eigenvalue weighted by atomic mass is 10.1. The second-order valence-corrected chi connectivity index (χ2v) is 7.07. The summed E-state index contributed by atoms with van der Waals surface area (Å²) in [5, 5.41) is 7.51. The number of carbonyl (C=O) groups excluding carboxylic acids is 2. The summed E-state index contributed by atoms with van der Waals surface area (Å²) in [7, 11) is 1.32. The molecule has 4 rings (SSSR count). The van der Waals surface area contributed by atoms with Crippen LogP contribution in [0.15, 0.2) is 60.9 Å². The number of ether oxygens (including phenoxy) is 1. The van der Waals surface area contributed by atoms with Gasteiger partial charge in [-0.1, -0.05) is 30.3 Å². The van der Waals surface area contributed by atoms with Crippen LogP contribution >= 0.6 is 0 Å². The lowest BCUT2D eigenvalue weighted by Gasteiger charge is -2.24. The molecule has 0 saturated carbocycles. The van der Waals surface area contributed by atoms with E-state index in [4.69, 9.17) is 4.74 Å². The molecule has 0 fully saturated rings.